The van der Waals surface area contributed by atoms with Gasteiger partial charge in [0.1, 0.15) is 0 Å². The maximum Gasteiger partial charge on any atom is 0.279 e. The van der Waals surface area contributed by atoms with Gasteiger partial charge in [-0.3, -0.25) is 0 Å². The minimum atomic E-state index is -3.36. The first-order chi connectivity index (χ1) is 10.1. The number of rotatable bonds is 8. The van der Waals surface area contributed by atoms with Gasteiger partial charge in [0.05, 0.1) is 11.2 Å². The van der Waals surface area contributed by atoms with Gasteiger partial charge < -0.3 is 5.32 Å². The van der Waals surface area contributed by atoms with E-state index in [1.807, 2.05) is 5.38 Å². The molecule has 21 heavy (non-hydrogen) atoms. The lowest BCUT2D eigenvalue weighted by Gasteiger charge is -2.32. The van der Waals surface area contributed by atoms with Gasteiger partial charge in [0, 0.05) is 31.4 Å². The molecule has 1 unspecified atom stereocenters. The molecule has 1 aliphatic heterocycles. The minimum Gasteiger partial charge on any atom is -0.317 e. The Balaban J connectivity index is 1.80. The van der Waals surface area contributed by atoms with Crippen LogP contribution in [-0.2, 0) is 16.6 Å². The molecule has 2 heterocycles. The molecule has 120 valence electrons. The number of thiazole rings is 1. The summed E-state index contributed by atoms with van der Waals surface area (Å²) < 4.78 is 28.9. The van der Waals surface area contributed by atoms with Gasteiger partial charge in [0.25, 0.3) is 10.2 Å². The SMILES string of the molecule is CCNCC1CCCN(S(=O)(=O)NCCc2cscn2)C1. The van der Waals surface area contributed by atoms with Crippen LogP contribution >= 0.6 is 11.3 Å². The van der Waals surface area contributed by atoms with Crippen LogP contribution < -0.4 is 10.0 Å². The van der Waals surface area contributed by atoms with Crippen LogP contribution in [0.1, 0.15) is 25.5 Å². The average Bonchev–Trinajstić information content (AvgIpc) is 2.98. The molecule has 2 N–H and O–H groups in total. The van der Waals surface area contributed by atoms with Gasteiger partial charge in [-0.2, -0.15) is 12.7 Å². The number of aromatic nitrogens is 1. The Labute approximate surface area is 131 Å². The molecule has 0 bridgehead atoms. The van der Waals surface area contributed by atoms with Crippen LogP contribution in [0.5, 0.6) is 0 Å². The van der Waals surface area contributed by atoms with E-state index in [-0.39, 0.29) is 0 Å². The Kier molecular flexibility index (Phi) is 6.56. The fraction of sp³-hybridized carbons (Fsp3) is 0.769. The number of hydrogen-bond donors (Lipinski definition) is 2. The van der Waals surface area contributed by atoms with Gasteiger partial charge in [0.15, 0.2) is 0 Å². The van der Waals surface area contributed by atoms with Gasteiger partial charge in [-0.25, -0.2) is 9.71 Å². The van der Waals surface area contributed by atoms with Crippen LogP contribution in [0.2, 0.25) is 0 Å². The highest BCUT2D eigenvalue weighted by Crippen LogP contribution is 2.18. The first-order valence-corrected chi connectivity index (χ1v) is 9.82. The summed E-state index contributed by atoms with van der Waals surface area (Å²) >= 11 is 1.53. The molecule has 6 nitrogen and oxygen atoms in total. The molecule has 0 aliphatic carbocycles. The Hall–Kier alpha value is -0.540. The lowest BCUT2D eigenvalue weighted by molar-refractivity contribution is 0.259. The summed E-state index contributed by atoms with van der Waals surface area (Å²) in [6, 6.07) is 0. The Morgan fingerprint density at radius 3 is 3.10 bits per heavy atom. The second-order valence-electron chi connectivity index (χ2n) is 5.30. The van der Waals surface area contributed by atoms with Crippen molar-refractivity contribution in [2.24, 2.45) is 5.92 Å². The van der Waals surface area contributed by atoms with E-state index < -0.39 is 10.2 Å². The summed E-state index contributed by atoms with van der Waals surface area (Å²) in [5, 5.41) is 5.25. The third-order valence-corrected chi connectivity index (χ3v) is 5.87. The monoisotopic (exact) mass is 332 g/mol. The fourth-order valence-electron chi connectivity index (χ4n) is 2.52. The van der Waals surface area contributed by atoms with Crippen LogP contribution in [0.15, 0.2) is 10.9 Å². The van der Waals surface area contributed by atoms with Crippen molar-refractivity contribution in [2.45, 2.75) is 26.2 Å². The second-order valence-corrected chi connectivity index (χ2v) is 7.78. The third-order valence-electron chi connectivity index (χ3n) is 3.65. The molecular weight excluding hydrogens is 308 g/mol. The molecule has 2 rings (SSSR count). The standard InChI is InChI=1S/C13H24N4O2S2/c1-2-14-8-12-4-3-7-17(9-12)21(18,19)16-6-5-13-10-20-11-15-13/h10-12,14,16H,2-9H2,1H3. The van der Waals surface area contributed by atoms with E-state index in [0.29, 0.717) is 32.0 Å². The number of hydrogen-bond acceptors (Lipinski definition) is 5. The van der Waals surface area contributed by atoms with Gasteiger partial charge in [-0.05, 0) is 31.8 Å². The van der Waals surface area contributed by atoms with Crippen molar-refractivity contribution in [1.82, 2.24) is 19.3 Å². The summed E-state index contributed by atoms with van der Waals surface area (Å²) in [7, 11) is -3.36. The minimum absolute atomic E-state index is 0.403. The van der Waals surface area contributed by atoms with Crippen LogP contribution in [0.25, 0.3) is 0 Å². The van der Waals surface area contributed by atoms with Crippen molar-refractivity contribution in [3.05, 3.63) is 16.6 Å². The summed E-state index contributed by atoms with van der Waals surface area (Å²) in [4.78, 5) is 4.16. The van der Waals surface area contributed by atoms with Crippen molar-refractivity contribution in [2.75, 3.05) is 32.7 Å². The number of nitrogens with one attached hydrogen (secondary N) is 2. The third kappa shape index (κ3) is 5.30. The second kappa shape index (κ2) is 8.19. The first-order valence-electron chi connectivity index (χ1n) is 7.44. The molecule has 1 fully saturated rings. The highest BCUT2D eigenvalue weighted by molar-refractivity contribution is 7.87. The Morgan fingerprint density at radius 1 is 1.52 bits per heavy atom. The number of piperidine rings is 1. The molecule has 1 aromatic rings. The quantitative estimate of drug-likeness (QED) is 0.740. The molecule has 1 aromatic heterocycles. The summed E-state index contributed by atoms with van der Waals surface area (Å²) in [6.45, 7) is 5.52. The largest absolute Gasteiger partial charge is 0.317 e. The molecule has 8 heteroatoms. The molecule has 0 saturated carbocycles. The van der Waals surface area contributed by atoms with E-state index in [2.05, 4.69) is 21.9 Å². The zero-order chi connectivity index (χ0) is 15.1. The molecule has 0 aromatic carbocycles. The van der Waals surface area contributed by atoms with Crippen molar-refractivity contribution < 1.29 is 8.42 Å². The highest BCUT2D eigenvalue weighted by atomic mass is 32.2. The topological polar surface area (TPSA) is 74.3 Å². The van der Waals surface area contributed by atoms with Gasteiger partial charge >= 0.3 is 0 Å². The van der Waals surface area contributed by atoms with E-state index in [4.69, 9.17) is 0 Å². The normalized spacial score (nSPS) is 20.7. The molecule has 0 radical (unpaired) electrons. The van der Waals surface area contributed by atoms with Crippen molar-refractivity contribution >= 4 is 21.5 Å². The van der Waals surface area contributed by atoms with E-state index in [1.165, 1.54) is 11.3 Å². The lowest BCUT2D eigenvalue weighted by Crippen LogP contribution is -2.48. The summed E-state index contributed by atoms with van der Waals surface area (Å²) in [5.41, 5.74) is 2.70. The smallest absolute Gasteiger partial charge is 0.279 e. The van der Waals surface area contributed by atoms with E-state index in [1.54, 1.807) is 9.82 Å². The molecule has 1 atom stereocenters. The molecule has 0 spiro atoms. The van der Waals surface area contributed by atoms with Crippen molar-refractivity contribution in [1.29, 1.82) is 0 Å². The summed E-state index contributed by atoms with van der Waals surface area (Å²) in [6.07, 6.45) is 2.66. The molecular formula is C13H24N4O2S2. The van der Waals surface area contributed by atoms with E-state index in [9.17, 15) is 8.42 Å². The van der Waals surface area contributed by atoms with Crippen LogP contribution in [0.3, 0.4) is 0 Å². The summed E-state index contributed by atoms with van der Waals surface area (Å²) in [5.74, 6) is 0.411. The lowest BCUT2D eigenvalue weighted by atomic mass is 10.00. The first kappa shape index (κ1) is 16.8. The van der Waals surface area contributed by atoms with Crippen molar-refractivity contribution in [3.8, 4) is 0 Å². The van der Waals surface area contributed by atoms with Gasteiger partial charge in [-0.1, -0.05) is 6.92 Å². The predicted molar refractivity (Wildman–Crippen MR) is 85.6 cm³/mol. The maximum atomic E-state index is 12.3. The maximum absolute atomic E-state index is 12.3. The Bertz CT molecular complexity index is 504. The number of nitrogens with zero attached hydrogens (tertiary/aromatic N) is 2. The predicted octanol–water partition coefficient (Wildman–Crippen LogP) is 0.841. The molecule has 1 saturated heterocycles. The van der Waals surface area contributed by atoms with E-state index >= 15 is 0 Å². The average molecular weight is 332 g/mol. The van der Waals surface area contributed by atoms with Gasteiger partial charge in [0.2, 0.25) is 0 Å². The van der Waals surface area contributed by atoms with E-state index in [0.717, 1.165) is 31.6 Å². The fourth-order valence-corrected chi connectivity index (χ4v) is 4.43. The van der Waals surface area contributed by atoms with Gasteiger partial charge in [-0.15, -0.1) is 11.3 Å². The van der Waals surface area contributed by atoms with Crippen LogP contribution in [0, 0.1) is 5.92 Å². The zero-order valence-electron chi connectivity index (χ0n) is 12.4. The van der Waals surface area contributed by atoms with Crippen molar-refractivity contribution in [3.63, 3.8) is 0 Å². The van der Waals surface area contributed by atoms with Crippen LogP contribution in [0.4, 0.5) is 0 Å². The Morgan fingerprint density at radius 2 is 2.38 bits per heavy atom. The zero-order valence-corrected chi connectivity index (χ0v) is 14.0. The highest BCUT2D eigenvalue weighted by Gasteiger charge is 2.28. The molecule has 0 amide bonds. The van der Waals surface area contributed by atoms with Crippen LogP contribution in [-0.4, -0.2) is 50.4 Å². The molecule has 1 aliphatic rings.